The highest BCUT2D eigenvalue weighted by Crippen LogP contribution is 2.34. The van der Waals surface area contributed by atoms with Gasteiger partial charge in [-0.3, -0.25) is 14.5 Å². The molecule has 0 radical (unpaired) electrons. The van der Waals surface area contributed by atoms with E-state index in [1.54, 1.807) is 7.11 Å². The number of rotatable bonds is 7. The number of carbonyl (C=O) groups excluding carboxylic acids is 2. The standard InChI is InChI=1S/C20H26N2O3/c1-3-4-5-14-22-19(23)17(15-8-10-16(25-2)11-9-15)18(20(22)24)21-12-6-7-13-21/h8-11H,3-7,12-14H2,1-2H3. The zero-order chi connectivity index (χ0) is 17.8. The summed E-state index contributed by atoms with van der Waals surface area (Å²) >= 11 is 0. The minimum atomic E-state index is -0.159. The summed E-state index contributed by atoms with van der Waals surface area (Å²) in [6.45, 7) is 4.31. The van der Waals surface area contributed by atoms with E-state index in [0.29, 0.717) is 17.8 Å². The zero-order valence-electron chi connectivity index (χ0n) is 15.1. The van der Waals surface area contributed by atoms with Gasteiger partial charge in [0.05, 0.1) is 12.7 Å². The van der Waals surface area contributed by atoms with E-state index in [-0.39, 0.29) is 11.8 Å². The molecular weight excluding hydrogens is 316 g/mol. The highest BCUT2D eigenvalue weighted by molar-refractivity contribution is 6.35. The van der Waals surface area contributed by atoms with Crippen molar-refractivity contribution < 1.29 is 14.3 Å². The van der Waals surface area contributed by atoms with Crippen LogP contribution in [0.25, 0.3) is 5.57 Å². The third-order valence-corrected chi connectivity index (χ3v) is 4.93. The molecule has 0 bridgehead atoms. The van der Waals surface area contributed by atoms with Crippen molar-refractivity contribution >= 4 is 17.4 Å². The molecule has 1 aromatic carbocycles. The molecule has 0 atom stereocenters. The van der Waals surface area contributed by atoms with Crippen LogP contribution in [0.2, 0.25) is 0 Å². The summed E-state index contributed by atoms with van der Waals surface area (Å²) in [5.74, 6) is 0.450. The van der Waals surface area contributed by atoms with E-state index < -0.39 is 0 Å². The van der Waals surface area contributed by atoms with E-state index in [4.69, 9.17) is 4.74 Å². The van der Waals surface area contributed by atoms with Crippen molar-refractivity contribution in [1.82, 2.24) is 9.80 Å². The SMILES string of the molecule is CCCCCN1C(=O)C(c2ccc(OC)cc2)=C(N2CCCC2)C1=O. The average molecular weight is 342 g/mol. The topological polar surface area (TPSA) is 49.9 Å². The predicted octanol–water partition coefficient (Wildman–Crippen LogP) is 3.06. The summed E-state index contributed by atoms with van der Waals surface area (Å²) in [6, 6.07) is 7.40. The second kappa shape index (κ2) is 7.72. The van der Waals surface area contributed by atoms with Gasteiger partial charge in [0, 0.05) is 19.6 Å². The van der Waals surface area contributed by atoms with E-state index in [9.17, 15) is 9.59 Å². The first-order valence-electron chi connectivity index (χ1n) is 9.17. The summed E-state index contributed by atoms with van der Waals surface area (Å²) < 4.78 is 5.20. The Bertz CT molecular complexity index is 673. The highest BCUT2D eigenvalue weighted by atomic mass is 16.5. The Morgan fingerprint density at radius 1 is 1.00 bits per heavy atom. The third kappa shape index (κ3) is 3.41. The van der Waals surface area contributed by atoms with Crippen molar-refractivity contribution in [2.45, 2.75) is 39.0 Å². The molecule has 3 rings (SSSR count). The van der Waals surface area contributed by atoms with Crippen LogP contribution < -0.4 is 4.74 Å². The number of nitrogens with zero attached hydrogens (tertiary/aromatic N) is 2. The number of benzene rings is 1. The lowest BCUT2D eigenvalue weighted by Gasteiger charge is -2.20. The first-order chi connectivity index (χ1) is 12.2. The summed E-state index contributed by atoms with van der Waals surface area (Å²) in [5, 5.41) is 0. The molecule has 134 valence electrons. The maximum atomic E-state index is 13.0. The number of imide groups is 1. The van der Waals surface area contributed by atoms with E-state index in [2.05, 4.69) is 11.8 Å². The lowest BCUT2D eigenvalue weighted by Crippen LogP contribution is -2.35. The lowest BCUT2D eigenvalue weighted by atomic mass is 10.0. The molecule has 2 heterocycles. The predicted molar refractivity (Wildman–Crippen MR) is 97.0 cm³/mol. The van der Waals surface area contributed by atoms with Crippen molar-refractivity contribution in [3.8, 4) is 5.75 Å². The molecule has 0 saturated carbocycles. The molecular formula is C20H26N2O3. The van der Waals surface area contributed by atoms with Crippen LogP contribution in [-0.2, 0) is 9.59 Å². The molecule has 5 heteroatoms. The van der Waals surface area contributed by atoms with Gasteiger partial charge in [-0.25, -0.2) is 0 Å². The smallest absolute Gasteiger partial charge is 0.277 e. The van der Waals surface area contributed by atoms with Crippen LogP contribution in [0.5, 0.6) is 5.75 Å². The van der Waals surface area contributed by atoms with Crippen molar-refractivity contribution in [2.24, 2.45) is 0 Å². The molecule has 0 aliphatic carbocycles. The molecule has 2 aliphatic rings. The van der Waals surface area contributed by atoms with Crippen LogP contribution in [0.3, 0.4) is 0 Å². The zero-order valence-corrected chi connectivity index (χ0v) is 15.1. The quantitative estimate of drug-likeness (QED) is 0.564. The fraction of sp³-hybridized carbons (Fsp3) is 0.500. The molecule has 2 amide bonds. The normalized spacial score (nSPS) is 17.8. The number of amides is 2. The molecule has 0 unspecified atom stereocenters. The maximum Gasteiger partial charge on any atom is 0.277 e. The van der Waals surface area contributed by atoms with Gasteiger partial charge in [-0.1, -0.05) is 31.9 Å². The largest absolute Gasteiger partial charge is 0.497 e. The molecule has 0 aromatic heterocycles. The summed E-state index contributed by atoms with van der Waals surface area (Å²) in [4.78, 5) is 29.5. The Hall–Kier alpha value is -2.30. The average Bonchev–Trinajstić information content (AvgIpc) is 3.23. The van der Waals surface area contributed by atoms with Gasteiger partial charge in [-0.2, -0.15) is 0 Å². The molecule has 1 saturated heterocycles. The van der Waals surface area contributed by atoms with Crippen LogP contribution in [-0.4, -0.2) is 48.4 Å². The molecule has 25 heavy (non-hydrogen) atoms. The van der Waals surface area contributed by atoms with Crippen molar-refractivity contribution in [3.05, 3.63) is 35.5 Å². The lowest BCUT2D eigenvalue weighted by molar-refractivity contribution is -0.137. The summed E-state index contributed by atoms with van der Waals surface area (Å²) in [6.07, 6.45) is 5.08. The Kier molecular flexibility index (Phi) is 5.41. The second-order valence-electron chi connectivity index (χ2n) is 6.62. The Balaban J connectivity index is 1.95. The van der Waals surface area contributed by atoms with Crippen molar-refractivity contribution in [1.29, 1.82) is 0 Å². The van der Waals surface area contributed by atoms with Crippen molar-refractivity contribution in [3.63, 3.8) is 0 Å². The minimum absolute atomic E-state index is 0.131. The minimum Gasteiger partial charge on any atom is -0.497 e. The monoisotopic (exact) mass is 342 g/mol. The van der Waals surface area contributed by atoms with Gasteiger partial charge in [0.1, 0.15) is 11.4 Å². The van der Waals surface area contributed by atoms with E-state index in [1.165, 1.54) is 4.90 Å². The Morgan fingerprint density at radius 3 is 2.28 bits per heavy atom. The molecule has 0 N–H and O–H groups in total. The van der Waals surface area contributed by atoms with Crippen LogP contribution in [0.15, 0.2) is 30.0 Å². The van der Waals surface area contributed by atoms with Crippen LogP contribution in [0.4, 0.5) is 0 Å². The summed E-state index contributed by atoms with van der Waals surface area (Å²) in [7, 11) is 1.61. The van der Waals surface area contributed by atoms with Gasteiger partial charge in [0.25, 0.3) is 11.8 Å². The Labute approximate surface area is 149 Å². The highest BCUT2D eigenvalue weighted by Gasteiger charge is 2.41. The molecule has 1 fully saturated rings. The number of ether oxygens (including phenoxy) is 1. The summed E-state index contributed by atoms with van der Waals surface area (Å²) in [5.41, 5.74) is 1.93. The number of carbonyl (C=O) groups is 2. The fourth-order valence-corrected chi connectivity index (χ4v) is 3.54. The van der Waals surface area contributed by atoms with Crippen LogP contribution >= 0.6 is 0 Å². The molecule has 2 aliphatic heterocycles. The number of methoxy groups -OCH3 is 1. The van der Waals surface area contributed by atoms with Gasteiger partial charge in [-0.15, -0.1) is 0 Å². The van der Waals surface area contributed by atoms with Gasteiger partial charge in [0.2, 0.25) is 0 Å². The van der Waals surface area contributed by atoms with Gasteiger partial charge in [-0.05, 0) is 37.0 Å². The third-order valence-electron chi connectivity index (χ3n) is 4.93. The molecule has 5 nitrogen and oxygen atoms in total. The fourth-order valence-electron chi connectivity index (χ4n) is 3.54. The molecule has 1 aromatic rings. The second-order valence-corrected chi connectivity index (χ2v) is 6.62. The van der Waals surface area contributed by atoms with Crippen LogP contribution in [0, 0.1) is 0 Å². The van der Waals surface area contributed by atoms with Crippen LogP contribution in [0.1, 0.15) is 44.6 Å². The number of unbranched alkanes of at least 4 members (excludes halogenated alkanes) is 2. The van der Waals surface area contributed by atoms with Gasteiger partial charge >= 0.3 is 0 Å². The number of likely N-dealkylation sites (tertiary alicyclic amines) is 1. The van der Waals surface area contributed by atoms with E-state index in [0.717, 1.165) is 56.5 Å². The number of hydrogen-bond donors (Lipinski definition) is 0. The maximum absolute atomic E-state index is 13.0. The first kappa shape index (κ1) is 17.5. The van der Waals surface area contributed by atoms with Gasteiger partial charge in [0.15, 0.2) is 0 Å². The molecule has 0 spiro atoms. The van der Waals surface area contributed by atoms with E-state index >= 15 is 0 Å². The van der Waals surface area contributed by atoms with Gasteiger partial charge < -0.3 is 9.64 Å². The first-order valence-corrected chi connectivity index (χ1v) is 9.17. The van der Waals surface area contributed by atoms with E-state index in [1.807, 2.05) is 24.3 Å². The van der Waals surface area contributed by atoms with Crippen molar-refractivity contribution in [2.75, 3.05) is 26.7 Å². The Morgan fingerprint density at radius 2 is 1.68 bits per heavy atom. The number of hydrogen-bond acceptors (Lipinski definition) is 4.